The second-order valence-electron chi connectivity index (χ2n) is 4.95. The van der Waals surface area contributed by atoms with Crippen LogP contribution in [0, 0.1) is 5.92 Å². The van der Waals surface area contributed by atoms with Crippen molar-refractivity contribution in [3.05, 3.63) is 17.7 Å². The van der Waals surface area contributed by atoms with E-state index >= 15 is 0 Å². The maximum Gasteiger partial charge on any atom is 0.155 e. The first-order chi connectivity index (χ1) is 7.75. The van der Waals surface area contributed by atoms with Crippen molar-refractivity contribution >= 4 is 0 Å². The standard InChI is InChI=1S/C12H20N4/c1-9(2)6-11-8-14-16-12(15-11)10-4-3-5-13-7-10/h8-10,13H,3-7H2,1-2H3. The van der Waals surface area contributed by atoms with Crippen LogP contribution in [-0.2, 0) is 6.42 Å². The van der Waals surface area contributed by atoms with Gasteiger partial charge in [0, 0.05) is 12.5 Å². The minimum absolute atomic E-state index is 0.452. The first-order valence-electron chi connectivity index (χ1n) is 6.15. The normalized spacial score (nSPS) is 21.3. The molecule has 0 aromatic carbocycles. The number of hydrogen-bond donors (Lipinski definition) is 1. The maximum absolute atomic E-state index is 4.62. The highest BCUT2D eigenvalue weighted by molar-refractivity contribution is 5.03. The van der Waals surface area contributed by atoms with E-state index in [4.69, 9.17) is 0 Å². The molecule has 1 aliphatic rings. The highest BCUT2D eigenvalue weighted by atomic mass is 15.1. The topological polar surface area (TPSA) is 50.7 Å². The molecule has 0 amide bonds. The Balaban J connectivity index is 2.08. The Morgan fingerprint density at radius 2 is 2.38 bits per heavy atom. The molecule has 4 nitrogen and oxygen atoms in total. The number of nitrogens with zero attached hydrogens (tertiary/aromatic N) is 3. The predicted octanol–water partition coefficient (Wildman–Crippen LogP) is 1.54. The van der Waals surface area contributed by atoms with Crippen molar-refractivity contribution < 1.29 is 0 Å². The van der Waals surface area contributed by atoms with Crippen LogP contribution in [0.1, 0.15) is 44.1 Å². The SMILES string of the molecule is CC(C)Cc1cnnc(C2CCCNC2)n1. The van der Waals surface area contributed by atoms with Crippen LogP contribution in [0.15, 0.2) is 6.20 Å². The summed E-state index contributed by atoms with van der Waals surface area (Å²) in [5, 5.41) is 11.6. The fourth-order valence-corrected chi connectivity index (χ4v) is 2.11. The van der Waals surface area contributed by atoms with E-state index in [-0.39, 0.29) is 0 Å². The van der Waals surface area contributed by atoms with Gasteiger partial charge >= 0.3 is 0 Å². The summed E-state index contributed by atoms with van der Waals surface area (Å²) in [6, 6.07) is 0. The molecule has 1 aromatic heterocycles. The van der Waals surface area contributed by atoms with E-state index in [1.54, 1.807) is 6.20 Å². The Hall–Kier alpha value is -1.03. The lowest BCUT2D eigenvalue weighted by Crippen LogP contribution is -2.29. The predicted molar refractivity (Wildman–Crippen MR) is 63.2 cm³/mol. The molecule has 0 spiro atoms. The Labute approximate surface area is 96.9 Å². The molecule has 1 saturated heterocycles. The van der Waals surface area contributed by atoms with Crippen LogP contribution in [0.25, 0.3) is 0 Å². The summed E-state index contributed by atoms with van der Waals surface area (Å²) < 4.78 is 0. The van der Waals surface area contributed by atoms with Gasteiger partial charge < -0.3 is 5.32 Å². The molecule has 0 saturated carbocycles. The number of nitrogens with one attached hydrogen (secondary N) is 1. The molecule has 1 aromatic rings. The highest BCUT2D eigenvalue weighted by Crippen LogP contribution is 2.19. The zero-order valence-corrected chi connectivity index (χ0v) is 10.1. The van der Waals surface area contributed by atoms with Gasteiger partial charge in [-0.05, 0) is 31.7 Å². The summed E-state index contributed by atoms with van der Waals surface area (Å²) in [5.74, 6) is 1.99. The van der Waals surface area contributed by atoms with Gasteiger partial charge in [0.25, 0.3) is 0 Å². The lowest BCUT2D eigenvalue weighted by atomic mass is 9.99. The van der Waals surface area contributed by atoms with Crippen LogP contribution in [0.3, 0.4) is 0 Å². The van der Waals surface area contributed by atoms with E-state index in [1.807, 2.05) is 0 Å². The van der Waals surface area contributed by atoms with E-state index in [0.29, 0.717) is 11.8 Å². The number of aromatic nitrogens is 3. The number of rotatable bonds is 3. The third-order valence-corrected chi connectivity index (χ3v) is 2.90. The molecule has 1 fully saturated rings. The molecular formula is C12H20N4. The fraction of sp³-hybridized carbons (Fsp3) is 0.750. The van der Waals surface area contributed by atoms with Crippen LogP contribution in [-0.4, -0.2) is 28.3 Å². The molecule has 0 aliphatic carbocycles. The second kappa shape index (κ2) is 5.34. The highest BCUT2D eigenvalue weighted by Gasteiger charge is 2.18. The summed E-state index contributed by atoms with van der Waals surface area (Å²) in [6.07, 6.45) is 5.17. The third kappa shape index (κ3) is 2.98. The zero-order chi connectivity index (χ0) is 11.4. The lowest BCUT2D eigenvalue weighted by molar-refractivity contribution is 0.440. The quantitative estimate of drug-likeness (QED) is 0.839. The lowest BCUT2D eigenvalue weighted by Gasteiger charge is -2.21. The number of hydrogen-bond acceptors (Lipinski definition) is 4. The van der Waals surface area contributed by atoms with Crippen LogP contribution >= 0.6 is 0 Å². The minimum Gasteiger partial charge on any atom is -0.316 e. The van der Waals surface area contributed by atoms with Gasteiger partial charge in [-0.1, -0.05) is 13.8 Å². The minimum atomic E-state index is 0.452. The van der Waals surface area contributed by atoms with E-state index in [9.17, 15) is 0 Å². The van der Waals surface area contributed by atoms with E-state index in [2.05, 4.69) is 34.3 Å². The molecule has 1 unspecified atom stereocenters. The van der Waals surface area contributed by atoms with Crippen LogP contribution < -0.4 is 5.32 Å². The Kier molecular flexibility index (Phi) is 3.83. The summed E-state index contributed by atoms with van der Waals surface area (Å²) in [4.78, 5) is 4.62. The first-order valence-corrected chi connectivity index (χ1v) is 6.15. The molecule has 2 rings (SSSR count). The average Bonchev–Trinajstić information content (AvgIpc) is 2.30. The Morgan fingerprint density at radius 1 is 1.50 bits per heavy atom. The van der Waals surface area contributed by atoms with Gasteiger partial charge in [0.05, 0.1) is 11.9 Å². The molecule has 1 atom stereocenters. The molecule has 0 bridgehead atoms. The van der Waals surface area contributed by atoms with Gasteiger partial charge in [0.2, 0.25) is 0 Å². The van der Waals surface area contributed by atoms with Crippen LogP contribution in [0.4, 0.5) is 0 Å². The second-order valence-corrected chi connectivity index (χ2v) is 4.95. The van der Waals surface area contributed by atoms with E-state index in [1.165, 1.54) is 12.8 Å². The van der Waals surface area contributed by atoms with Crippen molar-refractivity contribution in [1.82, 2.24) is 20.5 Å². The summed E-state index contributed by atoms with van der Waals surface area (Å²) >= 11 is 0. The van der Waals surface area contributed by atoms with Gasteiger partial charge in [-0.2, -0.15) is 5.10 Å². The molecule has 1 N–H and O–H groups in total. The van der Waals surface area contributed by atoms with Crippen molar-refractivity contribution in [1.29, 1.82) is 0 Å². The van der Waals surface area contributed by atoms with E-state index < -0.39 is 0 Å². The van der Waals surface area contributed by atoms with Crippen LogP contribution in [0.5, 0.6) is 0 Å². The molecule has 16 heavy (non-hydrogen) atoms. The summed E-state index contributed by atoms with van der Waals surface area (Å²) in [5.41, 5.74) is 1.07. The van der Waals surface area contributed by atoms with Gasteiger partial charge in [-0.15, -0.1) is 5.10 Å². The number of piperidine rings is 1. The smallest absolute Gasteiger partial charge is 0.155 e. The molecule has 1 aliphatic heterocycles. The van der Waals surface area contributed by atoms with Crippen LogP contribution in [0.2, 0.25) is 0 Å². The van der Waals surface area contributed by atoms with Gasteiger partial charge in [0.15, 0.2) is 5.82 Å². The molecular weight excluding hydrogens is 200 g/mol. The molecule has 4 heteroatoms. The van der Waals surface area contributed by atoms with Crippen molar-refractivity contribution in [2.75, 3.05) is 13.1 Å². The molecule has 2 heterocycles. The Bertz CT molecular complexity index is 332. The van der Waals surface area contributed by atoms with E-state index in [0.717, 1.165) is 31.0 Å². The Morgan fingerprint density at radius 3 is 3.06 bits per heavy atom. The van der Waals surface area contributed by atoms with Gasteiger partial charge in [-0.3, -0.25) is 0 Å². The summed E-state index contributed by atoms with van der Waals surface area (Å²) in [7, 11) is 0. The van der Waals surface area contributed by atoms with Crippen molar-refractivity contribution in [2.24, 2.45) is 5.92 Å². The van der Waals surface area contributed by atoms with Crippen molar-refractivity contribution in [3.8, 4) is 0 Å². The zero-order valence-electron chi connectivity index (χ0n) is 10.1. The first kappa shape index (κ1) is 11.5. The molecule has 88 valence electrons. The average molecular weight is 220 g/mol. The molecule has 0 radical (unpaired) electrons. The van der Waals surface area contributed by atoms with Crippen molar-refractivity contribution in [3.63, 3.8) is 0 Å². The van der Waals surface area contributed by atoms with Crippen molar-refractivity contribution in [2.45, 2.75) is 39.0 Å². The largest absolute Gasteiger partial charge is 0.316 e. The summed E-state index contributed by atoms with van der Waals surface area (Å²) in [6.45, 7) is 6.51. The third-order valence-electron chi connectivity index (χ3n) is 2.90. The van der Waals surface area contributed by atoms with Gasteiger partial charge in [-0.25, -0.2) is 4.98 Å². The fourth-order valence-electron chi connectivity index (χ4n) is 2.11. The monoisotopic (exact) mass is 220 g/mol. The maximum atomic E-state index is 4.62. The van der Waals surface area contributed by atoms with Gasteiger partial charge in [0.1, 0.15) is 0 Å².